The topological polar surface area (TPSA) is 78.5 Å². The van der Waals surface area contributed by atoms with E-state index in [0.717, 1.165) is 19.8 Å². The molecule has 1 fully saturated rings. The molecule has 2 N–H and O–H groups in total. The first-order valence-electron chi connectivity index (χ1n) is 8.88. The standard InChI is InChI=1S/C20H22BrN3O3S/c1-11-5-6-14(9-12(11)2)13(3)22-17(25)10-24-18(26)20(4,23-19(24)27)15-7-8-16(21)28-15/h5-9,13H,10H2,1-4H3,(H,22,25)(H,23,27). The zero-order valence-corrected chi connectivity index (χ0v) is 18.5. The van der Waals surface area contributed by atoms with E-state index in [1.165, 1.54) is 16.9 Å². The van der Waals surface area contributed by atoms with Crippen molar-refractivity contribution in [2.24, 2.45) is 0 Å². The second kappa shape index (κ2) is 7.67. The molecule has 2 aromatic rings. The fraction of sp³-hybridized carbons (Fsp3) is 0.350. The first kappa shape index (κ1) is 20.5. The highest BCUT2D eigenvalue weighted by molar-refractivity contribution is 9.11. The van der Waals surface area contributed by atoms with Gasteiger partial charge in [0, 0.05) is 4.88 Å². The molecule has 3 rings (SSSR count). The van der Waals surface area contributed by atoms with Crippen molar-refractivity contribution in [2.45, 2.75) is 39.3 Å². The summed E-state index contributed by atoms with van der Waals surface area (Å²) in [5.74, 6) is -0.813. The summed E-state index contributed by atoms with van der Waals surface area (Å²) in [6.45, 7) is 7.26. The lowest BCUT2D eigenvalue weighted by atomic mass is 10.0. The summed E-state index contributed by atoms with van der Waals surface area (Å²) in [5, 5.41) is 5.58. The molecule has 1 saturated heterocycles. The van der Waals surface area contributed by atoms with E-state index in [4.69, 9.17) is 0 Å². The molecule has 0 aliphatic carbocycles. The third kappa shape index (κ3) is 3.84. The number of carbonyl (C=O) groups excluding carboxylic acids is 3. The number of benzene rings is 1. The molecule has 28 heavy (non-hydrogen) atoms. The van der Waals surface area contributed by atoms with Gasteiger partial charge in [-0.25, -0.2) is 4.79 Å². The maximum Gasteiger partial charge on any atom is 0.325 e. The Morgan fingerprint density at radius 2 is 1.96 bits per heavy atom. The van der Waals surface area contributed by atoms with Gasteiger partial charge in [-0.1, -0.05) is 18.2 Å². The number of aryl methyl sites for hydroxylation is 2. The predicted molar refractivity (Wildman–Crippen MR) is 112 cm³/mol. The summed E-state index contributed by atoms with van der Waals surface area (Å²) in [6.07, 6.45) is 0. The molecule has 4 amide bonds. The summed E-state index contributed by atoms with van der Waals surface area (Å²) in [7, 11) is 0. The number of imide groups is 1. The van der Waals surface area contributed by atoms with Gasteiger partial charge in [-0.15, -0.1) is 11.3 Å². The molecule has 148 valence electrons. The van der Waals surface area contributed by atoms with Crippen LogP contribution in [0.25, 0.3) is 0 Å². The van der Waals surface area contributed by atoms with Crippen molar-refractivity contribution in [2.75, 3.05) is 6.54 Å². The third-order valence-electron chi connectivity index (χ3n) is 5.05. The number of hydrogen-bond donors (Lipinski definition) is 2. The van der Waals surface area contributed by atoms with Crippen LogP contribution in [0.15, 0.2) is 34.1 Å². The minimum Gasteiger partial charge on any atom is -0.348 e. The monoisotopic (exact) mass is 463 g/mol. The van der Waals surface area contributed by atoms with Crippen LogP contribution in [0.1, 0.15) is 41.5 Å². The Balaban J connectivity index is 1.69. The zero-order valence-electron chi connectivity index (χ0n) is 16.1. The van der Waals surface area contributed by atoms with Gasteiger partial charge >= 0.3 is 6.03 Å². The molecule has 2 atom stereocenters. The Bertz CT molecular complexity index is 958. The molecule has 2 unspecified atom stereocenters. The average Bonchev–Trinajstić information content (AvgIpc) is 3.15. The molecule has 1 aliphatic heterocycles. The van der Waals surface area contributed by atoms with Crippen molar-refractivity contribution >= 4 is 45.1 Å². The average molecular weight is 464 g/mol. The second-order valence-corrected chi connectivity index (χ2v) is 9.65. The van der Waals surface area contributed by atoms with Gasteiger partial charge < -0.3 is 10.6 Å². The van der Waals surface area contributed by atoms with Crippen molar-refractivity contribution in [3.63, 3.8) is 0 Å². The number of hydrogen-bond acceptors (Lipinski definition) is 4. The van der Waals surface area contributed by atoms with Gasteiger partial charge in [0.1, 0.15) is 6.54 Å². The van der Waals surface area contributed by atoms with E-state index in [1.807, 2.05) is 45.0 Å². The molecule has 0 radical (unpaired) electrons. The highest BCUT2D eigenvalue weighted by Crippen LogP contribution is 2.35. The first-order valence-corrected chi connectivity index (χ1v) is 10.5. The fourth-order valence-electron chi connectivity index (χ4n) is 3.14. The summed E-state index contributed by atoms with van der Waals surface area (Å²) >= 11 is 4.74. The SMILES string of the molecule is Cc1ccc(C(C)NC(=O)CN2C(=O)NC(C)(c3ccc(Br)s3)C2=O)cc1C. The van der Waals surface area contributed by atoms with Crippen LogP contribution in [-0.2, 0) is 15.1 Å². The Morgan fingerprint density at radius 1 is 1.25 bits per heavy atom. The second-order valence-electron chi connectivity index (χ2n) is 7.18. The molecule has 6 nitrogen and oxygen atoms in total. The smallest absolute Gasteiger partial charge is 0.325 e. The van der Waals surface area contributed by atoms with Gasteiger partial charge in [0.05, 0.1) is 9.83 Å². The molecule has 1 aromatic carbocycles. The zero-order chi connectivity index (χ0) is 20.6. The van der Waals surface area contributed by atoms with E-state index in [2.05, 4.69) is 26.6 Å². The summed E-state index contributed by atoms with van der Waals surface area (Å²) < 4.78 is 0.865. The quantitative estimate of drug-likeness (QED) is 0.662. The highest BCUT2D eigenvalue weighted by Gasteiger charge is 2.50. The Labute approximate surface area is 176 Å². The van der Waals surface area contributed by atoms with Crippen LogP contribution >= 0.6 is 27.3 Å². The van der Waals surface area contributed by atoms with E-state index < -0.39 is 17.5 Å². The molecule has 8 heteroatoms. The summed E-state index contributed by atoms with van der Waals surface area (Å²) in [4.78, 5) is 39.4. The molecule has 0 spiro atoms. The van der Waals surface area contributed by atoms with Crippen LogP contribution in [0.2, 0.25) is 0 Å². The van der Waals surface area contributed by atoms with Crippen molar-refractivity contribution in [3.8, 4) is 0 Å². The number of rotatable bonds is 5. The minimum atomic E-state index is -1.16. The summed E-state index contributed by atoms with van der Waals surface area (Å²) in [6, 6.07) is 8.82. The summed E-state index contributed by atoms with van der Waals surface area (Å²) in [5.41, 5.74) is 2.14. The molecular formula is C20H22BrN3O3S. The number of nitrogens with one attached hydrogen (secondary N) is 2. The molecule has 0 bridgehead atoms. The van der Waals surface area contributed by atoms with Crippen molar-refractivity contribution in [3.05, 3.63) is 55.7 Å². The number of amides is 4. The first-order chi connectivity index (χ1) is 13.1. The lowest BCUT2D eigenvalue weighted by Crippen LogP contribution is -2.43. The van der Waals surface area contributed by atoms with Crippen LogP contribution in [0.4, 0.5) is 4.79 Å². The van der Waals surface area contributed by atoms with Gasteiger partial charge in [-0.3, -0.25) is 14.5 Å². The van der Waals surface area contributed by atoms with Gasteiger partial charge in [0.2, 0.25) is 5.91 Å². The number of carbonyl (C=O) groups is 3. The Morgan fingerprint density at radius 3 is 2.57 bits per heavy atom. The number of nitrogens with zero attached hydrogens (tertiary/aromatic N) is 1. The minimum absolute atomic E-state index is 0.229. The van der Waals surface area contributed by atoms with E-state index in [1.54, 1.807) is 13.0 Å². The molecule has 2 heterocycles. The van der Waals surface area contributed by atoms with E-state index in [0.29, 0.717) is 4.88 Å². The fourth-order valence-corrected chi connectivity index (χ4v) is 4.62. The number of thiophene rings is 1. The third-order valence-corrected chi connectivity index (χ3v) is 6.90. The Kier molecular flexibility index (Phi) is 5.63. The molecular weight excluding hydrogens is 442 g/mol. The van der Waals surface area contributed by atoms with E-state index >= 15 is 0 Å². The molecule has 1 aromatic heterocycles. The molecule has 1 aliphatic rings. The number of urea groups is 1. The van der Waals surface area contributed by atoms with E-state index in [9.17, 15) is 14.4 Å². The van der Waals surface area contributed by atoms with Crippen molar-refractivity contribution < 1.29 is 14.4 Å². The highest BCUT2D eigenvalue weighted by atomic mass is 79.9. The number of halogens is 1. The van der Waals surface area contributed by atoms with Gasteiger partial charge in [-0.05, 0) is 72.4 Å². The van der Waals surface area contributed by atoms with Crippen LogP contribution in [0.3, 0.4) is 0 Å². The van der Waals surface area contributed by atoms with E-state index in [-0.39, 0.29) is 18.5 Å². The van der Waals surface area contributed by atoms with Crippen molar-refractivity contribution in [1.29, 1.82) is 0 Å². The normalized spacial score (nSPS) is 20.2. The van der Waals surface area contributed by atoms with Crippen LogP contribution in [0, 0.1) is 13.8 Å². The maximum absolute atomic E-state index is 12.9. The van der Waals surface area contributed by atoms with Crippen LogP contribution < -0.4 is 10.6 Å². The van der Waals surface area contributed by atoms with Crippen LogP contribution in [0.5, 0.6) is 0 Å². The lowest BCUT2D eigenvalue weighted by molar-refractivity contribution is -0.134. The van der Waals surface area contributed by atoms with Gasteiger partial charge in [-0.2, -0.15) is 0 Å². The maximum atomic E-state index is 12.9. The van der Waals surface area contributed by atoms with Gasteiger partial charge in [0.15, 0.2) is 5.54 Å². The molecule has 0 saturated carbocycles. The van der Waals surface area contributed by atoms with Crippen LogP contribution in [-0.4, -0.2) is 29.3 Å². The lowest BCUT2D eigenvalue weighted by Gasteiger charge is -2.21. The van der Waals surface area contributed by atoms with Gasteiger partial charge in [0.25, 0.3) is 5.91 Å². The largest absolute Gasteiger partial charge is 0.348 e. The Hall–Kier alpha value is -2.19. The predicted octanol–water partition coefficient (Wildman–Crippen LogP) is 3.77. The van der Waals surface area contributed by atoms with Crippen molar-refractivity contribution in [1.82, 2.24) is 15.5 Å².